The van der Waals surface area contributed by atoms with E-state index >= 15 is 0 Å². The van der Waals surface area contributed by atoms with Gasteiger partial charge in [0.15, 0.2) is 11.5 Å². The number of carbonyl (C=O) groups excluding carboxylic acids is 1. The first-order chi connectivity index (χ1) is 21.0. The van der Waals surface area contributed by atoms with E-state index in [9.17, 15) is 9.90 Å². The maximum absolute atomic E-state index is 14.1. The molecule has 1 saturated carbocycles. The van der Waals surface area contributed by atoms with Crippen LogP contribution in [0.1, 0.15) is 87.8 Å². The summed E-state index contributed by atoms with van der Waals surface area (Å²) in [5.41, 5.74) is 3.37. The Kier molecular flexibility index (Phi) is 9.04. The fourth-order valence-corrected chi connectivity index (χ4v) is 9.09. The molecule has 2 aromatic rings. The number of ether oxygens (including phenoxy) is 2. The van der Waals surface area contributed by atoms with Crippen molar-refractivity contribution in [2.24, 2.45) is 5.92 Å². The van der Waals surface area contributed by atoms with Crippen LogP contribution < -0.4 is 9.47 Å². The van der Waals surface area contributed by atoms with Gasteiger partial charge in [-0.1, -0.05) is 62.6 Å². The molecule has 232 valence electrons. The van der Waals surface area contributed by atoms with Crippen molar-refractivity contribution < 1.29 is 19.4 Å². The Morgan fingerprint density at radius 1 is 1.19 bits per heavy atom. The third-order valence-corrected chi connectivity index (χ3v) is 11.0. The van der Waals surface area contributed by atoms with Crippen molar-refractivity contribution in [1.82, 2.24) is 9.80 Å². The molecule has 6 heteroatoms. The van der Waals surface area contributed by atoms with E-state index in [2.05, 4.69) is 53.6 Å². The molecule has 1 spiro atoms. The first-order valence-corrected chi connectivity index (χ1v) is 16.8. The molecule has 0 aromatic heterocycles. The number of unbranched alkanes of at least 4 members (excludes halogenated alkanes) is 4. The van der Waals surface area contributed by atoms with E-state index in [0.29, 0.717) is 29.9 Å². The van der Waals surface area contributed by atoms with Crippen molar-refractivity contribution in [3.05, 3.63) is 65.7 Å². The number of aryl methyl sites for hydroxylation is 1. The lowest BCUT2D eigenvalue weighted by Gasteiger charge is -2.60. The Labute approximate surface area is 258 Å². The quantitative estimate of drug-likeness (QED) is 0.195. The van der Waals surface area contributed by atoms with E-state index in [4.69, 9.17) is 9.47 Å². The van der Waals surface area contributed by atoms with Crippen LogP contribution in [0.3, 0.4) is 0 Å². The Bertz CT molecular complexity index is 1300. The molecule has 43 heavy (non-hydrogen) atoms. The van der Waals surface area contributed by atoms with Crippen LogP contribution in [0.5, 0.6) is 17.2 Å². The van der Waals surface area contributed by atoms with E-state index in [-0.39, 0.29) is 23.5 Å². The summed E-state index contributed by atoms with van der Waals surface area (Å²) in [5, 5.41) is 11.3. The summed E-state index contributed by atoms with van der Waals surface area (Å²) < 4.78 is 12.8. The van der Waals surface area contributed by atoms with Gasteiger partial charge in [0.1, 0.15) is 11.9 Å². The van der Waals surface area contributed by atoms with Crippen LogP contribution in [-0.4, -0.2) is 65.7 Å². The zero-order valence-corrected chi connectivity index (χ0v) is 26.2. The molecule has 5 atom stereocenters. The molecule has 0 unspecified atom stereocenters. The standard InChI is InChI=1S/C37H50N2O4/c1-4-6-13-22-39(33(41)17-12-8-11-16-26-14-9-7-10-15-26)29-19-18-28-30-24-27-31(40)25-32(42-3)35-34(27)37(28,36(29)43-35)20-23-38(30)21-5-2/h5,7,9-10,14-15,25,28-30,36,40H,2,4,6,8,11-13,16-24H2,1,3H3/t28-,29-,30+,36-,37-/m0/s1. The van der Waals surface area contributed by atoms with Crippen molar-refractivity contribution in [1.29, 1.82) is 0 Å². The first kappa shape index (κ1) is 30.1. The third-order valence-electron chi connectivity index (χ3n) is 11.0. The fourth-order valence-electron chi connectivity index (χ4n) is 9.09. The normalized spacial score (nSPS) is 26.8. The van der Waals surface area contributed by atoms with Crippen LogP contribution in [0, 0.1) is 5.92 Å². The first-order valence-electron chi connectivity index (χ1n) is 16.8. The molecule has 6 rings (SSSR count). The van der Waals surface area contributed by atoms with Crippen LogP contribution in [0.4, 0.5) is 0 Å². The van der Waals surface area contributed by atoms with Crippen LogP contribution in [0.15, 0.2) is 49.1 Å². The van der Waals surface area contributed by atoms with Gasteiger partial charge in [-0.25, -0.2) is 0 Å². The molecule has 0 radical (unpaired) electrons. The largest absolute Gasteiger partial charge is 0.508 e. The topological polar surface area (TPSA) is 62.2 Å². The number of nitrogens with zero attached hydrogens (tertiary/aromatic N) is 2. The highest BCUT2D eigenvalue weighted by Gasteiger charge is 2.67. The average molecular weight is 587 g/mol. The number of methoxy groups -OCH3 is 1. The minimum Gasteiger partial charge on any atom is -0.508 e. The second-order valence-corrected chi connectivity index (χ2v) is 13.3. The number of likely N-dealkylation sites (tertiary alicyclic amines) is 1. The Morgan fingerprint density at radius 3 is 2.79 bits per heavy atom. The number of carbonyl (C=O) groups is 1. The summed E-state index contributed by atoms with van der Waals surface area (Å²) in [7, 11) is 1.66. The van der Waals surface area contributed by atoms with Gasteiger partial charge in [0.05, 0.1) is 13.2 Å². The summed E-state index contributed by atoms with van der Waals surface area (Å²) in [6.07, 6.45) is 13.7. The number of benzene rings is 2. The molecule has 2 aliphatic heterocycles. The molecule has 6 nitrogen and oxygen atoms in total. The van der Waals surface area contributed by atoms with Crippen molar-refractivity contribution in [3.8, 4) is 17.2 Å². The van der Waals surface area contributed by atoms with Crippen LogP contribution in [0.25, 0.3) is 0 Å². The predicted molar refractivity (Wildman–Crippen MR) is 171 cm³/mol. The number of amides is 1. The van der Waals surface area contributed by atoms with Gasteiger partial charge in [-0.15, -0.1) is 6.58 Å². The second-order valence-electron chi connectivity index (χ2n) is 13.3. The summed E-state index contributed by atoms with van der Waals surface area (Å²) in [5.74, 6) is 2.45. The molecule has 1 saturated heterocycles. The third kappa shape index (κ3) is 5.34. The lowest BCUT2D eigenvalue weighted by molar-refractivity contribution is -0.142. The molecular weight excluding hydrogens is 536 g/mol. The van der Waals surface area contributed by atoms with Gasteiger partial charge in [0, 0.05) is 48.2 Å². The van der Waals surface area contributed by atoms with E-state index < -0.39 is 0 Å². The van der Waals surface area contributed by atoms with Gasteiger partial charge >= 0.3 is 0 Å². The summed E-state index contributed by atoms with van der Waals surface area (Å²) in [6.45, 7) is 8.88. The number of hydrogen-bond acceptors (Lipinski definition) is 5. The number of piperidine rings is 1. The smallest absolute Gasteiger partial charge is 0.222 e. The summed E-state index contributed by atoms with van der Waals surface area (Å²) in [6, 6.07) is 12.7. The highest BCUT2D eigenvalue weighted by molar-refractivity contribution is 5.77. The van der Waals surface area contributed by atoms with Gasteiger partial charge in [-0.2, -0.15) is 0 Å². The van der Waals surface area contributed by atoms with Crippen LogP contribution >= 0.6 is 0 Å². The zero-order valence-electron chi connectivity index (χ0n) is 26.2. The number of phenolic OH excluding ortho intramolecular Hbond substituents is 1. The lowest BCUT2D eigenvalue weighted by Crippen LogP contribution is -2.69. The maximum atomic E-state index is 14.1. The SMILES string of the molecule is C=CCN1CC[C@]23c4c5c(O)cc(OC)c4O[C@H]2[C@@H](N(CCCCC)C(=O)CCCCCc2ccccc2)CC[C@H]3[C@H]1C5. The molecule has 2 aromatic carbocycles. The summed E-state index contributed by atoms with van der Waals surface area (Å²) in [4.78, 5) is 18.8. The van der Waals surface area contributed by atoms with Crippen molar-refractivity contribution in [2.75, 3.05) is 26.7 Å². The molecule has 1 amide bonds. The summed E-state index contributed by atoms with van der Waals surface area (Å²) >= 11 is 0. The Balaban J connectivity index is 1.26. The van der Waals surface area contributed by atoms with Crippen LogP contribution in [-0.2, 0) is 23.1 Å². The molecule has 2 heterocycles. The van der Waals surface area contributed by atoms with Crippen molar-refractivity contribution >= 4 is 5.91 Å². The van der Waals surface area contributed by atoms with E-state index in [1.165, 1.54) is 11.1 Å². The molecule has 1 N–H and O–H groups in total. The van der Waals surface area contributed by atoms with Gasteiger partial charge < -0.3 is 19.5 Å². The molecular formula is C37H50N2O4. The van der Waals surface area contributed by atoms with Gasteiger partial charge in [0.25, 0.3) is 0 Å². The maximum Gasteiger partial charge on any atom is 0.222 e. The van der Waals surface area contributed by atoms with E-state index in [0.717, 1.165) is 102 Å². The van der Waals surface area contributed by atoms with Crippen molar-refractivity contribution in [3.63, 3.8) is 0 Å². The number of hydrogen-bond donors (Lipinski definition) is 1. The molecule has 4 aliphatic rings. The van der Waals surface area contributed by atoms with Gasteiger partial charge in [0.2, 0.25) is 5.91 Å². The monoisotopic (exact) mass is 586 g/mol. The fraction of sp³-hybridized carbons (Fsp3) is 0.595. The average Bonchev–Trinajstić information content (AvgIpc) is 3.36. The minimum atomic E-state index is -0.209. The highest BCUT2D eigenvalue weighted by Crippen LogP contribution is 2.65. The zero-order chi connectivity index (χ0) is 30.0. The van der Waals surface area contributed by atoms with E-state index in [1.807, 2.05) is 6.08 Å². The van der Waals surface area contributed by atoms with Gasteiger partial charge in [-0.05, 0) is 69.4 Å². The Hall–Kier alpha value is -2.99. The molecule has 2 bridgehead atoms. The van der Waals surface area contributed by atoms with Gasteiger partial charge in [-0.3, -0.25) is 9.69 Å². The minimum absolute atomic E-state index is 0.0294. The highest BCUT2D eigenvalue weighted by atomic mass is 16.5. The Morgan fingerprint density at radius 2 is 2.02 bits per heavy atom. The molecule has 2 aliphatic carbocycles. The number of rotatable bonds is 14. The lowest BCUT2D eigenvalue weighted by atomic mass is 9.50. The molecule has 2 fully saturated rings. The predicted octanol–water partition coefficient (Wildman–Crippen LogP) is 6.82. The second kappa shape index (κ2) is 12.9. The number of phenols is 1. The van der Waals surface area contributed by atoms with E-state index in [1.54, 1.807) is 13.2 Å². The van der Waals surface area contributed by atoms with Crippen LogP contribution in [0.2, 0.25) is 0 Å². The number of aromatic hydroxyl groups is 1. The van der Waals surface area contributed by atoms with Crippen molar-refractivity contribution in [2.45, 2.75) is 108 Å².